The van der Waals surface area contributed by atoms with Crippen LogP contribution in [0.1, 0.15) is 40.2 Å². The van der Waals surface area contributed by atoms with E-state index in [-0.39, 0.29) is 5.91 Å². The highest BCUT2D eigenvalue weighted by atomic mass is 16.5. The summed E-state index contributed by atoms with van der Waals surface area (Å²) in [6.45, 7) is 4.80. The molecule has 2 aliphatic rings. The van der Waals surface area contributed by atoms with Gasteiger partial charge in [-0.25, -0.2) is 0 Å². The van der Waals surface area contributed by atoms with Gasteiger partial charge in [0.15, 0.2) is 11.5 Å². The summed E-state index contributed by atoms with van der Waals surface area (Å²) in [5.41, 5.74) is 6.02. The molecule has 0 unspecified atom stereocenters. The normalized spacial score (nSPS) is 16.7. The molecule has 1 aliphatic carbocycles. The summed E-state index contributed by atoms with van der Waals surface area (Å²) in [4.78, 5) is 17.1. The van der Waals surface area contributed by atoms with Gasteiger partial charge < -0.3 is 24.0 Å². The van der Waals surface area contributed by atoms with Crippen molar-refractivity contribution in [2.45, 2.75) is 32.1 Å². The molecule has 2 aromatic carbocycles. The first-order chi connectivity index (χ1) is 15.9. The first-order valence-corrected chi connectivity index (χ1v) is 11.5. The van der Waals surface area contributed by atoms with E-state index in [9.17, 15) is 4.79 Å². The van der Waals surface area contributed by atoms with Crippen LogP contribution in [-0.4, -0.2) is 63.7 Å². The molecule has 0 spiro atoms. The standard InChI is InChI=1S/C27H34N2O4/c1-18-11-23-21(15-24(18)31-3)12-22(23)17-28(2)8-6-9-29-10-7-19-13-25(32-4)26(33-5)14-20(19)16-27(29)30/h7,10-11,13-15,22H,6,8-9,12,16-17H2,1-5H3/t22-/m1/s1. The number of amides is 1. The minimum atomic E-state index is 0.109. The number of likely N-dealkylation sites (N-methyl/N-ethyl adjacent to an activating group) is 1. The summed E-state index contributed by atoms with van der Waals surface area (Å²) >= 11 is 0. The molecule has 1 amide bonds. The number of benzene rings is 2. The Balaban J connectivity index is 1.30. The molecular weight excluding hydrogens is 416 g/mol. The highest BCUT2D eigenvalue weighted by molar-refractivity contribution is 5.84. The molecule has 0 fully saturated rings. The van der Waals surface area contributed by atoms with Gasteiger partial charge in [0, 0.05) is 25.2 Å². The third kappa shape index (κ3) is 4.86. The van der Waals surface area contributed by atoms with E-state index >= 15 is 0 Å². The molecule has 33 heavy (non-hydrogen) atoms. The first kappa shape index (κ1) is 23.2. The number of fused-ring (bicyclic) bond motifs is 2. The molecule has 0 bridgehead atoms. The van der Waals surface area contributed by atoms with E-state index in [4.69, 9.17) is 14.2 Å². The van der Waals surface area contributed by atoms with Crippen LogP contribution in [0.3, 0.4) is 0 Å². The summed E-state index contributed by atoms with van der Waals surface area (Å²) in [7, 11) is 7.14. The maximum Gasteiger partial charge on any atom is 0.230 e. The smallest absolute Gasteiger partial charge is 0.230 e. The summed E-state index contributed by atoms with van der Waals surface area (Å²) < 4.78 is 16.2. The molecule has 4 rings (SSSR count). The Hall–Kier alpha value is -2.99. The number of hydrogen-bond acceptors (Lipinski definition) is 5. The minimum absolute atomic E-state index is 0.109. The predicted octanol–water partition coefficient (Wildman–Crippen LogP) is 4.04. The summed E-state index contributed by atoms with van der Waals surface area (Å²) in [5, 5.41) is 0. The van der Waals surface area contributed by atoms with Crippen molar-refractivity contribution in [3.63, 3.8) is 0 Å². The van der Waals surface area contributed by atoms with Gasteiger partial charge >= 0.3 is 0 Å². The van der Waals surface area contributed by atoms with Gasteiger partial charge in [0.25, 0.3) is 0 Å². The molecule has 0 saturated heterocycles. The number of carbonyl (C=O) groups excluding carboxylic acids is 1. The Kier molecular flexibility index (Phi) is 6.94. The average molecular weight is 451 g/mol. The zero-order chi connectivity index (χ0) is 23.5. The molecule has 1 heterocycles. The average Bonchev–Trinajstić information content (AvgIpc) is 2.95. The van der Waals surface area contributed by atoms with Gasteiger partial charge in [0.1, 0.15) is 5.75 Å². The lowest BCUT2D eigenvalue weighted by atomic mass is 9.76. The van der Waals surface area contributed by atoms with Crippen LogP contribution in [0.2, 0.25) is 0 Å². The third-order valence-electron chi connectivity index (χ3n) is 6.78. The fourth-order valence-electron chi connectivity index (χ4n) is 4.88. The highest BCUT2D eigenvalue weighted by Gasteiger charge is 2.28. The molecular formula is C27H34N2O4. The molecule has 1 aliphatic heterocycles. The van der Waals surface area contributed by atoms with E-state index in [1.165, 1.54) is 16.7 Å². The molecule has 0 saturated carbocycles. The lowest BCUT2D eigenvalue weighted by Gasteiger charge is -2.34. The zero-order valence-electron chi connectivity index (χ0n) is 20.3. The van der Waals surface area contributed by atoms with E-state index < -0.39 is 0 Å². The predicted molar refractivity (Wildman–Crippen MR) is 130 cm³/mol. The lowest BCUT2D eigenvalue weighted by Crippen LogP contribution is -2.34. The topological polar surface area (TPSA) is 51.2 Å². The van der Waals surface area contributed by atoms with Crippen molar-refractivity contribution in [2.75, 3.05) is 48.0 Å². The Bertz CT molecular complexity index is 1060. The number of hydrogen-bond donors (Lipinski definition) is 0. The lowest BCUT2D eigenvalue weighted by molar-refractivity contribution is -0.127. The van der Waals surface area contributed by atoms with Gasteiger partial charge in [0.2, 0.25) is 5.91 Å². The second kappa shape index (κ2) is 9.87. The number of methoxy groups -OCH3 is 3. The Labute approximate surface area is 196 Å². The van der Waals surface area contributed by atoms with Crippen LogP contribution in [0.5, 0.6) is 17.2 Å². The molecule has 176 valence electrons. The number of nitrogens with zero attached hydrogens (tertiary/aromatic N) is 2. The second-order valence-corrected chi connectivity index (χ2v) is 9.02. The Morgan fingerprint density at radius 1 is 1.00 bits per heavy atom. The fraction of sp³-hybridized carbons (Fsp3) is 0.444. The fourth-order valence-corrected chi connectivity index (χ4v) is 4.88. The van der Waals surface area contributed by atoms with Crippen molar-refractivity contribution in [2.24, 2.45) is 0 Å². The van der Waals surface area contributed by atoms with Crippen LogP contribution in [0, 0.1) is 6.92 Å². The van der Waals surface area contributed by atoms with Crippen molar-refractivity contribution in [3.8, 4) is 17.2 Å². The SMILES string of the molecule is COc1cc2c(cc1C)[C@@H](CN(C)CCCN1C=Cc3cc(OC)c(OC)cc3CC1=O)C2. The van der Waals surface area contributed by atoms with Gasteiger partial charge in [-0.05, 0) is 85.5 Å². The molecule has 0 radical (unpaired) electrons. The molecule has 6 heteroatoms. The van der Waals surface area contributed by atoms with Crippen LogP contribution in [0.25, 0.3) is 6.08 Å². The molecule has 0 N–H and O–H groups in total. The largest absolute Gasteiger partial charge is 0.496 e. The first-order valence-electron chi connectivity index (χ1n) is 11.5. The minimum Gasteiger partial charge on any atom is -0.496 e. The van der Waals surface area contributed by atoms with Crippen LogP contribution in [-0.2, 0) is 17.6 Å². The Morgan fingerprint density at radius 2 is 1.70 bits per heavy atom. The molecule has 0 aromatic heterocycles. The maximum absolute atomic E-state index is 12.8. The number of carbonyl (C=O) groups is 1. The number of rotatable bonds is 9. The van der Waals surface area contributed by atoms with Crippen LogP contribution in [0.15, 0.2) is 30.5 Å². The van der Waals surface area contributed by atoms with Crippen molar-refractivity contribution < 1.29 is 19.0 Å². The van der Waals surface area contributed by atoms with Crippen molar-refractivity contribution in [1.82, 2.24) is 9.80 Å². The molecule has 6 nitrogen and oxygen atoms in total. The van der Waals surface area contributed by atoms with Gasteiger partial charge in [-0.3, -0.25) is 4.79 Å². The monoisotopic (exact) mass is 450 g/mol. The Morgan fingerprint density at radius 3 is 2.42 bits per heavy atom. The number of aryl methyl sites for hydroxylation is 1. The maximum atomic E-state index is 12.8. The van der Waals surface area contributed by atoms with Gasteiger partial charge in [-0.1, -0.05) is 6.07 Å². The third-order valence-corrected chi connectivity index (χ3v) is 6.78. The van der Waals surface area contributed by atoms with E-state index in [2.05, 4.69) is 31.0 Å². The van der Waals surface area contributed by atoms with Crippen LogP contribution >= 0.6 is 0 Å². The van der Waals surface area contributed by atoms with Crippen LogP contribution in [0.4, 0.5) is 0 Å². The van der Waals surface area contributed by atoms with E-state index in [0.717, 1.165) is 42.8 Å². The van der Waals surface area contributed by atoms with Gasteiger partial charge in [-0.2, -0.15) is 0 Å². The van der Waals surface area contributed by atoms with Crippen LogP contribution < -0.4 is 14.2 Å². The quantitative estimate of drug-likeness (QED) is 0.577. The molecule has 2 aromatic rings. The zero-order valence-corrected chi connectivity index (χ0v) is 20.3. The van der Waals surface area contributed by atoms with Crippen molar-refractivity contribution in [1.29, 1.82) is 0 Å². The van der Waals surface area contributed by atoms with E-state index in [1.807, 2.05) is 29.3 Å². The summed E-state index contributed by atoms with van der Waals surface area (Å²) in [6.07, 6.45) is 6.29. The van der Waals surface area contributed by atoms with Gasteiger partial charge in [-0.15, -0.1) is 0 Å². The van der Waals surface area contributed by atoms with E-state index in [0.29, 0.717) is 30.4 Å². The summed E-state index contributed by atoms with van der Waals surface area (Å²) in [5.74, 6) is 2.99. The molecule has 1 atom stereocenters. The summed E-state index contributed by atoms with van der Waals surface area (Å²) in [6, 6.07) is 8.30. The van der Waals surface area contributed by atoms with Gasteiger partial charge in [0.05, 0.1) is 27.8 Å². The van der Waals surface area contributed by atoms with E-state index in [1.54, 1.807) is 21.3 Å². The second-order valence-electron chi connectivity index (χ2n) is 9.02. The van der Waals surface area contributed by atoms with Crippen molar-refractivity contribution >= 4 is 12.0 Å². The number of ether oxygens (including phenoxy) is 3. The highest BCUT2D eigenvalue weighted by Crippen LogP contribution is 2.39. The van der Waals surface area contributed by atoms with Crippen molar-refractivity contribution in [3.05, 3.63) is 58.3 Å².